The first kappa shape index (κ1) is 11.5. The van der Waals surface area contributed by atoms with Gasteiger partial charge in [0.1, 0.15) is 0 Å². The Bertz CT molecular complexity index is 61.1. The molecule has 0 rings (SSSR count). The summed E-state index contributed by atoms with van der Waals surface area (Å²) in [4.78, 5) is 0. The fraction of sp³-hybridized carbons (Fsp3) is 1.00. The average Bonchev–Trinajstić information content (AvgIpc) is 2.03. The van der Waals surface area contributed by atoms with E-state index < -0.39 is 16.1 Å². The van der Waals surface area contributed by atoms with Gasteiger partial charge in [-0.15, -0.1) is 0 Å². The predicted octanol–water partition coefficient (Wildman–Crippen LogP) is 2.15. The summed E-state index contributed by atoms with van der Waals surface area (Å²) in [5.41, 5.74) is 0. The van der Waals surface area contributed by atoms with Crippen molar-refractivity contribution in [3.05, 3.63) is 0 Å². The fourth-order valence-electron chi connectivity index (χ4n) is 0.558. The minimum atomic E-state index is -0.519. The molecule has 66 valence electrons. The summed E-state index contributed by atoms with van der Waals surface area (Å²) >= 11 is -0.519. The molecule has 0 heterocycles. The molecule has 0 atom stereocenters. The Morgan fingerprint density at radius 2 is 1.36 bits per heavy atom. The number of hydrogen-bond acceptors (Lipinski definition) is 2. The van der Waals surface area contributed by atoms with Gasteiger partial charge in [-0.1, -0.05) is 0 Å². The van der Waals surface area contributed by atoms with Gasteiger partial charge in [-0.05, 0) is 0 Å². The molecule has 2 nitrogen and oxygen atoms in total. The molecular weight excluding hydrogens is 201 g/mol. The predicted molar refractivity (Wildman–Crippen MR) is 47.5 cm³/mol. The Morgan fingerprint density at radius 1 is 0.909 bits per heavy atom. The third-order valence-corrected chi connectivity index (χ3v) is 2.67. The molecular formula is C8H18GeO2. The van der Waals surface area contributed by atoms with Gasteiger partial charge in [-0.2, -0.15) is 0 Å². The van der Waals surface area contributed by atoms with Crippen molar-refractivity contribution < 1.29 is 7.53 Å². The monoisotopic (exact) mass is 220 g/mol. The summed E-state index contributed by atoms with van der Waals surface area (Å²) in [6.45, 7) is 6.12. The van der Waals surface area contributed by atoms with Crippen LogP contribution >= 0.6 is 0 Å². The van der Waals surface area contributed by atoms with Crippen LogP contribution in [0.15, 0.2) is 0 Å². The van der Waals surface area contributed by atoms with E-state index in [4.69, 9.17) is 7.53 Å². The van der Waals surface area contributed by atoms with Crippen molar-refractivity contribution in [1.82, 2.24) is 0 Å². The van der Waals surface area contributed by atoms with Gasteiger partial charge < -0.3 is 0 Å². The molecule has 0 saturated heterocycles. The molecule has 0 spiro atoms. The van der Waals surface area contributed by atoms with Crippen LogP contribution in [0.25, 0.3) is 0 Å². The van der Waals surface area contributed by atoms with Gasteiger partial charge in [0.2, 0.25) is 0 Å². The van der Waals surface area contributed by atoms with Gasteiger partial charge in [0.25, 0.3) is 0 Å². The molecule has 0 bridgehead atoms. The summed E-state index contributed by atoms with van der Waals surface area (Å²) in [5, 5.41) is 0. The summed E-state index contributed by atoms with van der Waals surface area (Å²) in [6, 6.07) is 0. The molecule has 0 fully saturated rings. The van der Waals surface area contributed by atoms with Gasteiger partial charge in [0.05, 0.1) is 0 Å². The van der Waals surface area contributed by atoms with E-state index in [9.17, 15) is 0 Å². The summed E-state index contributed by atoms with van der Waals surface area (Å²) < 4.78 is 10.6. The normalized spacial score (nSPS) is 10.4. The van der Waals surface area contributed by atoms with Crippen LogP contribution in [0.5, 0.6) is 0 Å². The molecule has 3 heteroatoms. The average molecular weight is 219 g/mol. The van der Waals surface area contributed by atoms with Crippen molar-refractivity contribution in [2.24, 2.45) is 0 Å². The van der Waals surface area contributed by atoms with Gasteiger partial charge in [0.15, 0.2) is 0 Å². The topological polar surface area (TPSA) is 18.5 Å². The van der Waals surface area contributed by atoms with E-state index in [1.165, 1.54) is 25.7 Å². The maximum atomic E-state index is 5.32. The van der Waals surface area contributed by atoms with E-state index in [-0.39, 0.29) is 0 Å². The SMILES string of the molecule is CCCC[O][Ge][O]CCCC. The molecule has 0 saturated carbocycles. The van der Waals surface area contributed by atoms with Gasteiger partial charge in [0, 0.05) is 0 Å². The van der Waals surface area contributed by atoms with E-state index in [0.717, 1.165) is 13.2 Å². The van der Waals surface area contributed by atoms with Crippen LogP contribution < -0.4 is 0 Å². The number of unbranched alkanes of at least 4 members (excludes halogenated alkanes) is 2. The zero-order chi connectivity index (χ0) is 8.36. The van der Waals surface area contributed by atoms with Crippen molar-refractivity contribution in [2.75, 3.05) is 13.2 Å². The standard InChI is InChI=1S/C8H18GeO2/c1-3-5-7-10-9-11-8-6-4-2/h3-8H2,1-2H3. The van der Waals surface area contributed by atoms with E-state index in [1.54, 1.807) is 0 Å². The molecule has 0 aliphatic heterocycles. The zero-order valence-electron chi connectivity index (χ0n) is 7.56. The van der Waals surface area contributed by atoms with Crippen molar-refractivity contribution in [2.45, 2.75) is 39.5 Å². The van der Waals surface area contributed by atoms with Crippen molar-refractivity contribution >= 4 is 16.1 Å². The molecule has 0 N–H and O–H groups in total. The molecule has 0 aromatic rings. The quantitative estimate of drug-likeness (QED) is 0.459. The third kappa shape index (κ3) is 10.5. The first-order valence-electron chi connectivity index (χ1n) is 4.40. The second-order valence-corrected chi connectivity index (χ2v) is 4.05. The first-order valence-corrected chi connectivity index (χ1v) is 6.11. The van der Waals surface area contributed by atoms with E-state index in [1.807, 2.05) is 0 Å². The van der Waals surface area contributed by atoms with Crippen molar-refractivity contribution in [3.8, 4) is 0 Å². The Kier molecular flexibility index (Phi) is 10.9. The van der Waals surface area contributed by atoms with Gasteiger partial charge >= 0.3 is 76.4 Å². The molecule has 0 amide bonds. The molecule has 0 aliphatic carbocycles. The molecule has 0 aromatic carbocycles. The maximum absolute atomic E-state index is 5.32. The zero-order valence-corrected chi connectivity index (χ0v) is 9.66. The van der Waals surface area contributed by atoms with Gasteiger partial charge in [-0.3, -0.25) is 0 Å². The van der Waals surface area contributed by atoms with Crippen LogP contribution in [0.2, 0.25) is 0 Å². The van der Waals surface area contributed by atoms with E-state index in [2.05, 4.69) is 13.8 Å². The molecule has 0 aromatic heterocycles. The van der Waals surface area contributed by atoms with Crippen LogP contribution in [0.1, 0.15) is 39.5 Å². The molecule has 0 aliphatic rings. The minimum absolute atomic E-state index is 0.519. The van der Waals surface area contributed by atoms with E-state index >= 15 is 0 Å². The van der Waals surface area contributed by atoms with E-state index in [0.29, 0.717) is 0 Å². The Labute approximate surface area is 76.8 Å². The Hall–Kier alpha value is 0.463. The molecule has 0 unspecified atom stereocenters. The van der Waals surface area contributed by atoms with Crippen LogP contribution in [-0.4, -0.2) is 29.3 Å². The second kappa shape index (κ2) is 10.5. The first-order chi connectivity index (χ1) is 5.41. The third-order valence-electron chi connectivity index (χ3n) is 1.32. The van der Waals surface area contributed by atoms with Crippen LogP contribution in [-0.2, 0) is 7.53 Å². The number of rotatable bonds is 8. The second-order valence-electron chi connectivity index (χ2n) is 2.49. The number of hydrogen-bond donors (Lipinski definition) is 0. The fourth-order valence-corrected chi connectivity index (χ4v) is 1.69. The van der Waals surface area contributed by atoms with Crippen LogP contribution in [0.3, 0.4) is 0 Å². The van der Waals surface area contributed by atoms with Crippen molar-refractivity contribution in [1.29, 1.82) is 0 Å². The Balaban J connectivity index is 2.69. The van der Waals surface area contributed by atoms with Crippen molar-refractivity contribution in [3.63, 3.8) is 0 Å². The van der Waals surface area contributed by atoms with Crippen LogP contribution in [0, 0.1) is 0 Å². The molecule has 2 radical (unpaired) electrons. The molecule has 11 heavy (non-hydrogen) atoms. The Morgan fingerprint density at radius 3 is 1.73 bits per heavy atom. The van der Waals surface area contributed by atoms with Gasteiger partial charge in [-0.25, -0.2) is 0 Å². The summed E-state index contributed by atoms with van der Waals surface area (Å²) in [5.74, 6) is 0. The van der Waals surface area contributed by atoms with Crippen LogP contribution in [0.4, 0.5) is 0 Å². The summed E-state index contributed by atoms with van der Waals surface area (Å²) in [7, 11) is 0. The summed E-state index contributed by atoms with van der Waals surface area (Å²) in [6.07, 6.45) is 4.75.